The maximum absolute atomic E-state index is 12.6. The van der Waals surface area contributed by atoms with Gasteiger partial charge in [-0.1, -0.05) is 36.4 Å². The van der Waals surface area contributed by atoms with Crippen molar-refractivity contribution in [1.82, 2.24) is 0 Å². The molecule has 3 aromatic carbocycles. The first-order valence-electron chi connectivity index (χ1n) is 10.2. The number of carbonyl (C=O) groups excluding carboxylic acids is 2. The van der Waals surface area contributed by atoms with Crippen LogP contribution in [0.4, 0.5) is 5.69 Å². The Morgan fingerprint density at radius 2 is 1.76 bits per heavy atom. The predicted octanol–water partition coefficient (Wildman–Crippen LogP) is 4.97. The molecule has 1 amide bonds. The summed E-state index contributed by atoms with van der Waals surface area (Å²) in [5.41, 5.74) is 2.19. The fourth-order valence-electron chi connectivity index (χ4n) is 2.81. The summed E-state index contributed by atoms with van der Waals surface area (Å²) in [5.74, 6) is 0.156. The van der Waals surface area contributed by atoms with Gasteiger partial charge in [-0.05, 0) is 76.2 Å². The van der Waals surface area contributed by atoms with Crippen molar-refractivity contribution in [3.63, 3.8) is 0 Å². The van der Waals surface area contributed by atoms with Crippen LogP contribution in [0.25, 0.3) is 6.08 Å². The number of esters is 1. The quantitative estimate of drug-likeness (QED) is 0.170. The molecule has 172 valence electrons. The standard InChI is InChI=1S/C26H21IN2O5/c1-32-25(30)17-34-24-12-7-19(14-23(24)27)13-20(15-28)26(31)29-21-8-10-22(11-9-21)33-16-18-5-3-2-4-6-18/h2-14H,16-17H2,1H3,(H,29,31)/b20-13+. The fourth-order valence-corrected chi connectivity index (χ4v) is 3.50. The third-order valence-corrected chi connectivity index (χ3v) is 5.41. The number of ether oxygens (including phenoxy) is 3. The lowest BCUT2D eigenvalue weighted by molar-refractivity contribution is -0.142. The van der Waals surface area contributed by atoms with E-state index in [-0.39, 0.29) is 12.2 Å². The number of halogens is 1. The van der Waals surface area contributed by atoms with Crippen molar-refractivity contribution in [2.45, 2.75) is 6.61 Å². The summed E-state index contributed by atoms with van der Waals surface area (Å²) in [4.78, 5) is 23.8. The second-order valence-corrected chi connectivity index (χ2v) is 8.14. The smallest absolute Gasteiger partial charge is 0.343 e. The first-order chi connectivity index (χ1) is 16.5. The summed E-state index contributed by atoms with van der Waals surface area (Å²) in [6.45, 7) is 0.239. The minimum atomic E-state index is -0.526. The predicted molar refractivity (Wildman–Crippen MR) is 136 cm³/mol. The summed E-state index contributed by atoms with van der Waals surface area (Å²) in [5, 5.41) is 12.2. The zero-order valence-electron chi connectivity index (χ0n) is 18.3. The Morgan fingerprint density at radius 1 is 1.03 bits per heavy atom. The van der Waals surface area contributed by atoms with E-state index >= 15 is 0 Å². The number of nitrogens with one attached hydrogen (secondary N) is 1. The highest BCUT2D eigenvalue weighted by atomic mass is 127. The lowest BCUT2D eigenvalue weighted by atomic mass is 10.1. The first kappa shape index (κ1) is 24.8. The van der Waals surface area contributed by atoms with Crippen LogP contribution in [0.1, 0.15) is 11.1 Å². The van der Waals surface area contributed by atoms with E-state index in [9.17, 15) is 14.9 Å². The van der Waals surface area contributed by atoms with Crippen molar-refractivity contribution < 1.29 is 23.8 Å². The van der Waals surface area contributed by atoms with Gasteiger partial charge in [-0.25, -0.2) is 4.79 Å². The van der Waals surface area contributed by atoms with E-state index in [0.29, 0.717) is 29.4 Å². The highest BCUT2D eigenvalue weighted by molar-refractivity contribution is 14.1. The molecule has 0 aliphatic rings. The van der Waals surface area contributed by atoms with E-state index in [2.05, 4.69) is 32.6 Å². The Balaban J connectivity index is 1.61. The summed E-state index contributed by atoms with van der Waals surface area (Å²) in [6, 6.07) is 23.8. The Hall–Kier alpha value is -3.84. The van der Waals surface area contributed by atoms with Crippen LogP contribution in [-0.2, 0) is 20.9 Å². The van der Waals surface area contributed by atoms with Crippen LogP contribution in [0.2, 0.25) is 0 Å². The summed E-state index contributed by atoms with van der Waals surface area (Å²) in [6.07, 6.45) is 1.49. The summed E-state index contributed by atoms with van der Waals surface area (Å²) < 4.78 is 16.4. The van der Waals surface area contributed by atoms with E-state index < -0.39 is 11.9 Å². The molecular formula is C26H21IN2O5. The fraction of sp³-hybridized carbons (Fsp3) is 0.115. The SMILES string of the molecule is COC(=O)COc1ccc(/C=C(\C#N)C(=O)Nc2ccc(OCc3ccccc3)cc2)cc1I. The second kappa shape index (κ2) is 12.4. The van der Waals surface area contributed by atoms with Gasteiger partial charge < -0.3 is 19.5 Å². The molecule has 0 saturated heterocycles. The molecule has 0 aromatic heterocycles. The third kappa shape index (κ3) is 7.35. The summed E-state index contributed by atoms with van der Waals surface area (Å²) in [7, 11) is 1.28. The largest absolute Gasteiger partial charge is 0.489 e. The van der Waals surface area contributed by atoms with Gasteiger partial charge in [0.05, 0.1) is 10.7 Å². The van der Waals surface area contributed by atoms with Crippen LogP contribution >= 0.6 is 22.6 Å². The Morgan fingerprint density at radius 3 is 2.41 bits per heavy atom. The van der Waals surface area contributed by atoms with Gasteiger partial charge in [-0.2, -0.15) is 5.26 Å². The van der Waals surface area contributed by atoms with Crippen molar-refractivity contribution in [3.8, 4) is 17.6 Å². The number of methoxy groups -OCH3 is 1. The lowest BCUT2D eigenvalue weighted by Gasteiger charge is -2.09. The topological polar surface area (TPSA) is 97.7 Å². The first-order valence-corrected chi connectivity index (χ1v) is 11.3. The van der Waals surface area contributed by atoms with Crippen molar-refractivity contribution in [3.05, 3.63) is 93.1 Å². The van der Waals surface area contributed by atoms with Gasteiger partial charge in [0.25, 0.3) is 5.91 Å². The molecule has 0 aliphatic carbocycles. The van der Waals surface area contributed by atoms with Crippen molar-refractivity contribution in [2.75, 3.05) is 19.0 Å². The van der Waals surface area contributed by atoms with E-state index in [1.807, 2.05) is 36.4 Å². The number of anilines is 1. The average molecular weight is 568 g/mol. The van der Waals surface area contributed by atoms with E-state index in [0.717, 1.165) is 9.13 Å². The Labute approximate surface area is 211 Å². The molecule has 0 atom stereocenters. The Kier molecular flexibility index (Phi) is 9.05. The zero-order chi connectivity index (χ0) is 24.3. The maximum Gasteiger partial charge on any atom is 0.343 e. The number of hydrogen-bond donors (Lipinski definition) is 1. The van der Waals surface area contributed by atoms with Gasteiger partial charge in [0.2, 0.25) is 0 Å². The zero-order valence-corrected chi connectivity index (χ0v) is 20.4. The maximum atomic E-state index is 12.6. The van der Waals surface area contributed by atoms with Crippen molar-refractivity contribution in [1.29, 1.82) is 5.26 Å². The van der Waals surface area contributed by atoms with Gasteiger partial charge in [0.15, 0.2) is 6.61 Å². The van der Waals surface area contributed by atoms with Crippen LogP contribution in [0.5, 0.6) is 11.5 Å². The van der Waals surface area contributed by atoms with E-state index in [1.54, 1.807) is 42.5 Å². The van der Waals surface area contributed by atoms with E-state index in [4.69, 9.17) is 9.47 Å². The molecule has 0 radical (unpaired) electrons. The molecule has 1 N–H and O–H groups in total. The van der Waals surface area contributed by atoms with Gasteiger partial charge in [-0.15, -0.1) is 0 Å². The molecule has 3 aromatic rings. The minimum Gasteiger partial charge on any atom is -0.489 e. The van der Waals surface area contributed by atoms with Crippen LogP contribution < -0.4 is 14.8 Å². The number of rotatable bonds is 9. The number of carbonyl (C=O) groups is 2. The molecule has 0 heterocycles. The van der Waals surface area contributed by atoms with Gasteiger partial charge >= 0.3 is 5.97 Å². The number of hydrogen-bond acceptors (Lipinski definition) is 6. The van der Waals surface area contributed by atoms with Gasteiger partial charge in [0.1, 0.15) is 29.7 Å². The monoisotopic (exact) mass is 568 g/mol. The lowest BCUT2D eigenvalue weighted by Crippen LogP contribution is -2.13. The highest BCUT2D eigenvalue weighted by Gasteiger charge is 2.11. The average Bonchev–Trinajstić information content (AvgIpc) is 2.86. The summed E-state index contributed by atoms with van der Waals surface area (Å²) >= 11 is 2.05. The van der Waals surface area contributed by atoms with Crippen LogP contribution in [-0.4, -0.2) is 25.6 Å². The van der Waals surface area contributed by atoms with Crippen molar-refractivity contribution in [2.24, 2.45) is 0 Å². The molecule has 0 saturated carbocycles. The third-order valence-electron chi connectivity index (χ3n) is 4.57. The molecule has 7 nitrogen and oxygen atoms in total. The number of nitriles is 1. The molecule has 0 spiro atoms. The molecule has 0 unspecified atom stereocenters. The molecule has 3 rings (SSSR count). The second-order valence-electron chi connectivity index (χ2n) is 6.98. The van der Waals surface area contributed by atoms with Gasteiger partial charge in [0, 0.05) is 5.69 Å². The molecule has 0 aliphatic heterocycles. The van der Waals surface area contributed by atoms with Crippen molar-refractivity contribution >= 4 is 46.2 Å². The minimum absolute atomic E-state index is 0.0524. The molecular weight excluding hydrogens is 547 g/mol. The van der Waals surface area contributed by atoms with E-state index in [1.165, 1.54) is 13.2 Å². The Bertz CT molecular complexity index is 1220. The number of amides is 1. The molecule has 0 bridgehead atoms. The molecule has 0 fully saturated rings. The number of nitrogens with zero attached hydrogens (tertiary/aromatic N) is 1. The molecule has 8 heteroatoms. The van der Waals surface area contributed by atoms with Gasteiger partial charge in [-0.3, -0.25) is 4.79 Å². The normalized spacial score (nSPS) is 10.7. The highest BCUT2D eigenvalue weighted by Crippen LogP contribution is 2.24. The number of benzene rings is 3. The molecule has 34 heavy (non-hydrogen) atoms. The van der Waals surface area contributed by atoms with Crippen LogP contribution in [0.15, 0.2) is 78.4 Å². The van der Waals surface area contributed by atoms with Crippen LogP contribution in [0.3, 0.4) is 0 Å². The van der Waals surface area contributed by atoms with Crippen LogP contribution in [0, 0.1) is 14.9 Å².